The number of nitrogens with zero attached hydrogens (tertiary/aromatic N) is 1. The van der Waals surface area contributed by atoms with Crippen LogP contribution in [-0.4, -0.2) is 16.6 Å². The summed E-state index contributed by atoms with van der Waals surface area (Å²) in [6.45, 7) is 6.03. The Morgan fingerprint density at radius 3 is 2.41 bits per heavy atom. The largest absolute Gasteiger partial charge is 0.487 e. The van der Waals surface area contributed by atoms with Crippen LogP contribution in [0.2, 0.25) is 0 Å². The highest BCUT2D eigenvalue weighted by atomic mass is 16.6. The van der Waals surface area contributed by atoms with Gasteiger partial charge < -0.3 is 9.47 Å². The first kappa shape index (κ1) is 16.0. The number of benzene rings is 1. The summed E-state index contributed by atoms with van der Waals surface area (Å²) in [6.07, 6.45) is 1.79. The number of aromatic nitrogens is 1. The second kappa shape index (κ2) is 7.07. The second-order valence-corrected chi connectivity index (χ2v) is 6.02. The van der Waals surface area contributed by atoms with E-state index in [0.717, 1.165) is 5.56 Å². The molecule has 0 radical (unpaired) electrons. The van der Waals surface area contributed by atoms with E-state index in [2.05, 4.69) is 4.98 Å². The lowest BCUT2D eigenvalue weighted by Gasteiger charge is -2.19. The van der Waals surface area contributed by atoms with E-state index >= 15 is 0 Å². The highest BCUT2D eigenvalue weighted by Crippen LogP contribution is 2.14. The zero-order valence-corrected chi connectivity index (χ0v) is 13.2. The maximum Gasteiger partial charge on any atom is 0.312 e. The number of pyridine rings is 1. The molecule has 0 N–H and O–H groups in total. The molecular formula is C18H21NO3. The van der Waals surface area contributed by atoms with Gasteiger partial charge in [0.2, 0.25) is 0 Å². The standard InChI is InChI=1S/C18H21NO3/c1-18(2,3)22-17(20)11-15-9-10-16(12-19-15)21-13-14-7-5-4-6-8-14/h4-10,12H,11,13H2,1-3H3. The number of carbonyl (C=O) groups is 1. The van der Waals surface area contributed by atoms with Gasteiger partial charge >= 0.3 is 5.97 Å². The molecule has 4 nitrogen and oxygen atoms in total. The summed E-state index contributed by atoms with van der Waals surface area (Å²) < 4.78 is 10.9. The van der Waals surface area contributed by atoms with Crippen molar-refractivity contribution in [3.8, 4) is 5.75 Å². The van der Waals surface area contributed by atoms with Crippen molar-refractivity contribution in [3.63, 3.8) is 0 Å². The molecule has 22 heavy (non-hydrogen) atoms. The van der Waals surface area contributed by atoms with Gasteiger partial charge in [0, 0.05) is 0 Å². The van der Waals surface area contributed by atoms with Crippen LogP contribution in [0.25, 0.3) is 0 Å². The Bertz CT molecular complexity index is 600. The molecule has 2 rings (SSSR count). The van der Waals surface area contributed by atoms with Crippen molar-refractivity contribution in [2.75, 3.05) is 0 Å². The maximum atomic E-state index is 11.7. The fraction of sp³-hybridized carbons (Fsp3) is 0.333. The minimum atomic E-state index is -0.476. The first-order chi connectivity index (χ1) is 10.4. The maximum absolute atomic E-state index is 11.7. The van der Waals surface area contributed by atoms with Crippen LogP contribution < -0.4 is 4.74 Å². The Morgan fingerprint density at radius 2 is 1.82 bits per heavy atom. The van der Waals surface area contributed by atoms with Crippen molar-refractivity contribution >= 4 is 5.97 Å². The van der Waals surface area contributed by atoms with E-state index in [-0.39, 0.29) is 12.4 Å². The van der Waals surface area contributed by atoms with E-state index in [0.29, 0.717) is 18.1 Å². The van der Waals surface area contributed by atoms with E-state index in [1.807, 2.05) is 57.2 Å². The number of hydrogen-bond donors (Lipinski definition) is 0. The van der Waals surface area contributed by atoms with E-state index in [1.165, 1.54) is 0 Å². The van der Waals surface area contributed by atoms with Crippen molar-refractivity contribution in [1.29, 1.82) is 0 Å². The lowest BCUT2D eigenvalue weighted by atomic mass is 10.2. The zero-order chi connectivity index (χ0) is 16.0. The minimum Gasteiger partial charge on any atom is -0.487 e. The molecule has 0 saturated carbocycles. The van der Waals surface area contributed by atoms with Crippen LogP contribution in [0.15, 0.2) is 48.7 Å². The summed E-state index contributed by atoms with van der Waals surface area (Å²) in [6, 6.07) is 13.5. The SMILES string of the molecule is CC(C)(C)OC(=O)Cc1ccc(OCc2ccccc2)cn1. The van der Waals surface area contributed by atoms with Crippen molar-refractivity contribution in [2.45, 2.75) is 39.4 Å². The average Bonchev–Trinajstić information content (AvgIpc) is 2.45. The fourth-order valence-electron chi connectivity index (χ4n) is 1.87. The van der Waals surface area contributed by atoms with Gasteiger partial charge in [-0.2, -0.15) is 0 Å². The molecule has 1 heterocycles. The molecule has 1 aromatic heterocycles. The Balaban J connectivity index is 1.86. The lowest BCUT2D eigenvalue weighted by molar-refractivity contribution is -0.153. The van der Waals surface area contributed by atoms with E-state index in [9.17, 15) is 4.79 Å². The summed E-state index contributed by atoms with van der Waals surface area (Å²) >= 11 is 0. The first-order valence-electron chi connectivity index (χ1n) is 7.26. The number of esters is 1. The normalized spacial score (nSPS) is 11.0. The summed E-state index contributed by atoms with van der Waals surface area (Å²) in [5, 5.41) is 0. The molecule has 116 valence electrons. The highest BCUT2D eigenvalue weighted by molar-refractivity contribution is 5.72. The van der Waals surface area contributed by atoms with Crippen molar-refractivity contribution < 1.29 is 14.3 Å². The van der Waals surface area contributed by atoms with Crippen LogP contribution in [0.3, 0.4) is 0 Å². The van der Waals surface area contributed by atoms with Gasteiger partial charge in [-0.25, -0.2) is 0 Å². The molecule has 4 heteroatoms. The molecule has 0 aliphatic heterocycles. The lowest BCUT2D eigenvalue weighted by Crippen LogP contribution is -2.25. The Labute approximate surface area is 131 Å². The second-order valence-electron chi connectivity index (χ2n) is 6.02. The van der Waals surface area contributed by atoms with Crippen LogP contribution in [0, 0.1) is 0 Å². The minimum absolute atomic E-state index is 0.163. The van der Waals surface area contributed by atoms with Crippen LogP contribution in [0.4, 0.5) is 0 Å². The molecule has 2 aromatic rings. The van der Waals surface area contributed by atoms with Crippen molar-refractivity contribution in [3.05, 3.63) is 59.9 Å². The van der Waals surface area contributed by atoms with E-state index in [4.69, 9.17) is 9.47 Å². The average molecular weight is 299 g/mol. The van der Waals surface area contributed by atoms with Crippen LogP contribution in [0.5, 0.6) is 5.75 Å². The third kappa shape index (κ3) is 5.56. The van der Waals surface area contributed by atoms with Crippen molar-refractivity contribution in [1.82, 2.24) is 4.98 Å². The number of hydrogen-bond acceptors (Lipinski definition) is 4. The van der Waals surface area contributed by atoms with E-state index < -0.39 is 5.60 Å². The summed E-state index contributed by atoms with van der Waals surface area (Å²) in [5.41, 5.74) is 1.29. The van der Waals surface area contributed by atoms with Crippen LogP contribution in [0.1, 0.15) is 32.0 Å². The van der Waals surface area contributed by atoms with Gasteiger partial charge in [-0.3, -0.25) is 9.78 Å². The summed E-state index contributed by atoms with van der Waals surface area (Å²) in [5.74, 6) is 0.398. The first-order valence-corrected chi connectivity index (χ1v) is 7.26. The van der Waals surface area contributed by atoms with Gasteiger partial charge in [0.05, 0.1) is 18.3 Å². The molecule has 0 amide bonds. The summed E-state index contributed by atoms with van der Waals surface area (Å²) in [4.78, 5) is 16.0. The van der Waals surface area contributed by atoms with Crippen LogP contribution in [-0.2, 0) is 22.6 Å². The molecule has 0 unspecified atom stereocenters. The Morgan fingerprint density at radius 1 is 1.09 bits per heavy atom. The van der Waals surface area contributed by atoms with Gasteiger partial charge in [0.15, 0.2) is 0 Å². The molecule has 0 aliphatic carbocycles. The predicted molar refractivity (Wildman–Crippen MR) is 84.6 cm³/mol. The quantitative estimate of drug-likeness (QED) is 0.792. The monoisotopic (exact) mass is 299 g/mol. The molecule has 0 atom stereocenters. The topological polar surface area (TPSA) is 48.4 Å². The van der Waals surface area contributed by atoms with Gasteiger partial charge in [-0.05, 0) is 38.5 Å². The molecule has 0 bridgehead atoms. The van der Waals surface area contributed by atoms with Gasteiger partial charge in [0.25, 0.3) is 0 Å². The van der Waals surface area contributed by atoms with Crippen LogP contribution >= 0.6 is 0 Å². The third-order valence-corrected chi connectivity index (χ3v) is 2.79. The molecule has 1 aromatic carbocycles. The van der Waals surface area contributed by atoms with Gasteiger partial charge in [-0.1, -0.05) is 30.3 Å². The highest BCUT2D eigenvalue weighted by Gasteiger charge is 2.16. The summed E-state index contributed by atoms with van der Waals surface area (Å²) in [7, 11) is 0. The Kier molecular flexibility index (Phi) is 5.15. The fourth-order valence-corrected chi connectivity index (χ4v) is 1.87. The number of rotatable bonds is 5. The molecule has 0 aliphatic rings. The van der Waals surface area contributed by atoms with Crippen molar-refractivity contribution in [2.24, 2.45) is 0 Å². The van der Waals surface area contributed by atoms with E-state index in [1.54, 1.807) is 12.3 Å². The third-order valence-electron chi connectivity index (χ3n) is 2.79. The molecule has 0 spiro atoms. The molecular weight excluding hydrogens is 278 g/mol. The van der Waals surface area contributed by atoms with Gasteiger partial charge in [0.1, 0.15) is 18.0 Å². The molecule has 0 fully saturated rings. The molecule has 0 saturated heterocycles. The smallest absolute Gasteiger partial charge is 0.312 e. The number of carbonyl (C=O) groups excluding carboxylic acids is 1. The zero-order valence-electron chi connectivity index (χ0n) is 13.2. The Hall–Kier alpha value is -2.36. The predicted octanol–water partition coefficient (Wildman–Crippen LogP) is 3.54. The number of ether oxygens (including phenoxy) is 2. The van der Waals surface area contributed by atoms with Gasteiger partial charge in [-0.15, -0.1) is 0 Å².